The highest BCUT2D eigenvalue weighted by Gasteiger charge is 2.20. The Bertz CT molecular complexity index is 870. The molecule has 1 aromatic heterocycles. The molecule has 0 aliphatic rings. The summed E-state index contributed by atoms with van der Waals surface area (Å²) >= 11 is 9.95. The molecule has 0 saturated carbocycles. The predicted octanol–water partition coefficient (Wildman–Crippen LogP) is 5.82. The van der Waals surface area contributed by atoms with Crippen molar-refractivity contribution >= 4 is 44.5 Å². The molecule has 0 bridgehead atoms. The highest BCUT2D eigenvalue weighted by Crippen LogP contribution is 2.39. The van der Waals surface area contributed by atoms with Gasteiger partial charge in [-0.2, -0.15) is 0 Å². The quantitative estimate of drug-likeness (QED) is 0.414. The van der Waals surface area contributed by atoms with E-state index in [4.69, 9.17) is 20.8 Å². The number of fused-ring (bicyclic) bond motifs is 1. The minimum atomic E-state index is -0.388. The van der Waals surface area contributed by atoms with E-state index in [1.54, 1.807) is 25.1 Å². The van der Waals surface area contributed by atoms with Crippen LogP contribution in [0.5, 0.6) is 0 Å². The molecule has 0 unspecified atom stereocenters. The third-order valence-corrected chi connectivity index (χ3v) is 4.54. The number of benzene rings is 2. The van der Waals surface area contributed by atoms with Crippen LogP contribution in [-0.2, 0) is 10.1 Å². The summed E-state index contributed by atoms with van der Waals surface area (Å²) in [5, 5.41) is 2.07. The van der Waals surface area contributed by atoms with Crippen LogP contribution in [0, 0.1) is 0 Å². The summed E-state index contributed by atoms with van der Waals surface area (Å²) in [7, 11) is 0. The van der Waals surface area contributed by atoms with Crippen molar-refractivity contribution in [3.63, 3.8) is 0 Å². The van der Waals surface area contributed by atoms with E-state index >= 15 is 0 Å². The van der Waals surface area contributed by atoms with Gasteiger partial charge >= 0.3 is 5.97 Å². The van der Waals surface area contributed by atoms with Gasteiger partial charge in [0.25, 0.3) is 0 Å². The van der Waals surface area contributed by atoms with Crippen LogP contribution in [0.1, 0.15) is 22.8 Å². The molecule has 118 valence electrons. The smallest absolute Gasteiger partial charge is 0.338 e. The molecule has 3 nitrogen and oxygen atoms in total. The van der Waals surface area contributed by atoms with Gasteiger partial charge in [-0.1, -0.05) is 51.8 Å². The molecule has 0 spiro atoms. The zero-order valence-electron chi connectivity index (χ0n) is 12.4. The fourth-order valence-electron chi connectivity index (χ4n) is 2.44. The zero-order chi connectivity index (χ0) is 16.4. The van der Waals surface area contributed by atoms with E-state index in [9.17, 15) is 4.79 Å². The number of hydrogen-bond donors (Lipinski definition) is 0. The molecular weight excluding hydrogens is 380 g/mol. The number of ether oxygens (including phenoxy) is 1. The number of hydrogen-bond acceptors (Lipinski definition) is 3. The van der Waals surface area contributed by atoms with E-state index in [2.05, 4.69) is 15.9 Å². The molecule has 0 atom stereocenters. The third-order valence-electron chi connectivity index (χ3n) is 3.51. The number of halogens is 2. The average Bonchev–Trinajstić information content (AvgIpc) is 2.91. The minimum Gasteiger partial charge on any atom is -0.462 e. The first-order chi connectivity index (χ1) is 11.2. The first kappa shape index (κ1) is 16.1. The van der Waals surface area contributed by atoms with E-state index in [1.807, 2.05) is 24.3 Å². The van der Waals surface area contributed by atoms with Crippen molar-refractivity contribution in [2.45, 2.75) is 12.3 Å². The number of rotatable bonds is 4. The van der Waals surface area contributed by atoms with Crippen molar-refractivity contribution < 1.29 is 13.9 Å². The molecule has 0 aliphatic heterocycles. The average molecular weight is 394 g/mol. The van der Waals surface area contributed by atoms with Crippen LogP contribution < -0.4 is 0 Å². The second-order valence-electron chi connectivity index (χ2n) is 4.98. The monoisotopic (exact) mass is 392 g/mol. The van der Waals surface area contributed by atoms with Crippen molar-refractivity contribution in [1.82, 2.24) is 0 Å². The van der Waals surface area contributed by atoms with E-state index in [-0.39, 0.29) is 5.97 Å². The standard InChI is InChI=1S/C18H14BrClO3/c1-2-22-18(21)13-6-4-3-5-12(13)17-16(20)14-9-11(10-19)7-8-15(14)23-17/h3-9H,2,10H2,1H3. The van der Waals surface area contributed by atoms with E-state index in [1.165, 1.54) is 0 Å². The van der Waals surface area contributed by atoms with Gasteiger partial charge in [0.05, 0.1) is 17.2 Å². The highest BCUT2D eigenvalue weighted by molar-refractivity contribution is 9.08. The van der Waals surface area contributed by atoms with Crippen LogP contribution in [0.15, 0.2) is 46.9 Å². The molecular formula is C18H14BrClO3. The molecule has 0 N–H and O–H groups in total. The molecule has 0 saturated heterocycles. The molecule has 0 aliphatic carbocycles. The van der Waals surface area contributed by atoms with Crippen molar-refractivity contribution in [3.05, 3.63) is 58.6 Å². The van der Waals surface area contributed by atoms with Crippen LogP contribution in [0.2, 0.25) is 5.02 Å². The Balaban J connectivity index is 2.18. The SMILES string of the molecule is CCOC(=O)c1ccccc1-c1oc2ccc(CBr)cc2c1Cl. The second-order valence-corrected chi connectivity index (χ2v) is 5.91. The molecule has 3 rings (SSSR count). The van der Waals surface area contributed by atoms with Crippen molar-refractivity contribution in [2.75, 3.05) is 6.61 Å². The number of alkyl halides is 1. The predicted molar refractivity (Wildman–Crippen MR) is 95.2 cm³/mol. The lowest BCUT2D eigenvalue weighted by Crippen LogP contribution is -2.06. The normalized spacial score (nSPS) is 10.9. The van der Waals surface area contributed by atoms with Gasteiger partial charge < -0.3 is 9.15 Å². The number of carbonyl (C=O) groups is 1. The van der Waals surface area contributed by atoms with Gasteiger partial charge in [-0.25, -0.2) is 4.79 Å². The van der Waals surface area contributed by atoms with Gasteiger partial charge in [0.1, 0.15) is 5.58 Å². The Labute approximate surface area is 147 Å². The molecule has 0 radical (unpaired) electrons. The lowest BCUT2D eigenvalue weighted by molar-refractivity contribution is 0.0527. The molecule has 3 aromatic rings. The number of furan rings is 1. The Morgan fingerprint density at radius 2 is 2.04 bits per heavy atom. The largest absolute Gasteiger partial charge is 0.462 e. The lowest BCUT2D eigenvalue weighted by atomic mass is 10.0. The topological polar surface area (TPSA) is 39.4 Å². The van der Waals surface area contributed by atoms with Crippen molar-refractivity contribution in [3.8, 4) is 11.3 Å². The van der Waals surface area contributed by atoms with E-state index in [0.717, 1.165) is 16.3 Å². The van der Waals surface area contributed by atoms with Crippen LogP contribution in [0.3, 0.4) is 0 Å². The van der Waals surface area contributed by atoms with Gasteiger partial charge in [-0.3, -0.25) is 0 Å². The Hall–Kier alpha value is -1.78. The Morgan fingerprint density at radius 3 is 2.78 bits per heavy atom. The number of esters is 1. The van der Waals surface area contributed by atoms with Crippen LogP contribution in [-0.4, -0.2) is 12.6 Å². The van der Waals surface area contributed by atoms with Gasteiger partial charge in [0, 0.05) is 16.3 Å². The van der Waals surface area contributed by atoms with E-state index in [0.29, 0.717) is 34.1 Å². The first-order valence-corrected chi connectivity index (χ1v) is 8.69. The summed E-state index contributed by atoms with van der Waals surface area (Å²) in [6, 6.07) is 13.0. The van der Waals surface area contributed by atoms with Gasteiger partial charge in [0.15, 0.2) is 5.76 Å². The van der Waals surface area contributed by atoms with Crippen LogP contribution in [0.25, 0.3) is 22.3 Å². The van der Waals surface area contributed by atoms with Crippen molar-refractivity contribution in [2.24, 2.45) is 0 Å². The maximum absolute atomic E-state index is 12.2. The molecule has 0 fully saturated rings. The summed E-state index contributed by atoms with van der Waals surface area (Å²) in [4.78, 5) is 12.2. The molecule has 1 heterocycles. The maximum Gasteiger partial charge on any atom is 0.338 e. The summed E-state index contributed by atoms with van der Waals surface area (Å²) in [5.74, 6) is 0.0952. The zero-order valence-corrected chi connectivity index (χ0v) is 14.8. The lowest BCUT2D eigenvalue weighted by Gasteiger charge is -2.06. The summed E-state index contributed by atoms with van der Waals surface area (Å²) in [6.07, 6.45) is 0. The third kappa shape index (κ3) is 3.01. The molecule has 0 amide bonds. The molecule has 2 aromatic carbocycles. The number of carbonyl (C=O) groups excluding carboxylic acids is 1. The Kier molecular flexibility index (Phi) is 4.74. The van der Waals surface area contributed by atoms with Crippen LogP contribution in [0.4, 0.5) is 0 Å². The summed E-state index contributed by atoms with van der Waals surface area (Å²) in [5.41, 5.74) is 2.86. The van der Waals surface area contributed by atoms with E-state index < -0.39 is 0 Å². The van der Waals surface area contributed by atoms with Crippen LogP contribution >= 0.6 is 27.5 Å². The fourth-order valence-corrected chi connectivity index (χ4v) is 3.08. The first-order valence-electron chi connectivity index (χ1n) is 7.19. The molecule has 23 heavy (non-hydrogen) atoms. The second kappa shape index (κ2) is 6.77. The minimum absolute atomic E-state index is 0.315. The Morgan fingerprint density at radius 1 is 1.26 bits per heavy atom. The van der Waals surface area contributed by atoms with Crippen molar-refractivity contribution in [1.29, 1.82) is 0 Å². The highest BCUT2D eigenvalue weighted by atomic mass is 79.9. The van der Waals surface area contributed by atoms with Gasteiger partial charge in [0.2, 0.25) is 0 Å². The summed E-state index contributed by atoms with van der Waals surface area (Å²) < 4.78 is 11.0. The maximum atomic E-state index is 12.2. The fraction of sp³-hybridized carbons (Fsp3) is 0.167. The summed E-state index contributed by atoms with van der Waals surface area (Å²) in [6.45, 7) is 2.09. The van der Waals surface area contributed by atoms with Gasteiger partial charge in [-0.15, -0.1) is 0 Å². The molecule has 5 heteroatoms. The van der Waals surface area contributed by atoms with Gasteiger partial charge in [-0.05, 0) is 30.7 Å².